The molecule has 0 amide bonds. The van der Waals surface area contributed by atoms with Gasteiger partial charge in [-0.3, -0.25) is 14.4 Å². The first-order chi connectivity index (χ1) is 38.0. The van der Waals surface area contributed by atoms with E-state index in [0.29, 0.717) is 19.3 Å². The van der Waals surface area contributed by atoms with E-state index in [1.807, 2.05) is 0 Å². The first-order valence-corrected chi connectivity index (χ1v) is 33.8. The molecule has 0 bridgehead atoms. The third-order valence-electron chi connectivity index (χ3n) is 15.0. The van der Waals surface area contributed by atoms with Crippen LogP contribution in [0.4, 0.5) is 0 Å². The number of carbonyl (C=O) groups is 3. The summed E-state index contributed by atoms with van der Waals surface area (Å²) < 4.78 is 17.0. The Morgan fingerprint density at radius 3 is 0.740 bits per heavy atom. The summed E-state index contributed by atoms with van der Waals surface area (Å²) in [5, 5.41) is 0. The maximum absolute atomic E-state index is 12.9. The molecule has 0 aromatic heterocycles. The Bertz CT molecular complexity index is 1380. The van der Waals surface area contributed by atoms with Gasteiger partial charge in [0.1, 0.15) is 13.2 Å². The van der Waals surface area contributed by atoms with Crippen LogP contribution >= 0.6 is 0 Å². The van der Waals surface area contributed by atoms with Crippen LogP contribution < -0.4 is 0 Å². The number of esters is 3. The maximum Gasteiger partial charge on any atom is 0.306 e. The van der Waals surface area contributed by atoms with Crippen molar-refractivity contribution in [2.24, 2.45) is 0 Å². The summed E-state index contributed by atoms with van der Waals surface area (Å²) in [5.41, 5.74) is 0. The van der Waals surface area contributed by atoms with Crippen LogP contribution in [-0.4, -0.2) is 37.2 Å². The van der Waals surface area contributed by atoms with Crippen molar-refractivity contribution < 1.29 is 28.6 Å². The molecule has 0 aromatic carbocycles. The van der Waals surface area contributed by atoms with E-state index in [-0.39, 0.29) is 31.1 Å². The monoisotopic (exact) mass is 1080 g/mol. The summed E-state index contributed by atoms with van der Waals surface area (Å²) in [5.74, 6) is -0.877. The van der Waals surface area contributed by atoms with Crippen LogP contribution in [0, 0.1) is 0 Å². The van der Waals surface area contributed by atoms with Gasteiger partial charge in [-0.25, -0.2) is 0 Å². The van der Waals surface area contributed by atoms with Crippen LogP contribution in [0.5, 0.6) is 0 Å². The molecule has 1 atom stereocenters. The van der Waals surface area contributed by atoms with Gasteiger partial charge in [-0.05, 0) is 109 Å². The standard InChI is InChI=1S/C71H128O6/c1-4-7-10-13-16-19-22-25-28-30-32-34-35-37-38-40-43-46-49-52-55-58-61-64-70(73)76-67-68(66-75-69(72)63-60-57-54-51-48-45-42-27-24-21-18-15-12-9-6-3)77-71(74)65-62-59-56-53-50-47-44-41-39-36-33-31-29-26-23-20-17-14-11-8-5-2/h22,25,27,30-33,35,37,42,68H,4-21,23-24,26,28-29,34,36,38-41,43-67H2,1-3H3/b25-22-,32-30-,33-31-,37-35-,42-27-. The van der Waals surface area contributed by atoms with Gasteiger partial charge in [-0.15, -0.1) is 0 Å². The molecular formula is C71H128O6. The molecule has 0 heterocycles. The zero-order valence-electron chi connectivity index (χ0n) is 51.5. The molecule has 6 heteroatoms. The van der Waals surface area contributed by atoms with E-state index in [4.69, 9.17) is 14.2 Å². The molecule has 0 N–H and O–H groups in total. The molecule has 0 aliphatic rings. The van der Waals surface area contributed by atoms with Gasteiger partial charge in [0.2, 0.25) is 0 Å². The normalized spacial score (nSPS) is 12.4. The molecule has 448 valence electrons. The van der Waals surface area contributed by atoms with Gasteiger partial charge in [0.25, 0.3) is 0 Å². The summed E-state index contributed by atoms with van der Waals surface area (Å²) in [7, 11) is 0. The Morgan fingerprint density at radius 1 is 0.260 bits per heavy atom. The lowest BCUT2D eigenvalue weighted by Crippen LogP contribution is -2.30. The fourth-order valence-corrected chi connectivity index (χ4v) is 9.85. The maximum atomic E-state index is 12.9. The van der Waals surface area contributed by atoms with Crippen molar-refractivity contribution in [1.29, 1.82) is 0 Å². The Balaban J connectivity index is 4.35. The van der Waals surface area contributed by atoms with Crippen molar-refractivity contribution in [2.45, 2.75) is 361 Å². The number of hydrogen-bond donors (Lipinski definition) is 0. The minimum Gasteiger partial charge on any atom is -0.462 e. The predicted octanol–water partition coefficient (Wildman–Crippen LogP) is 23.1. The Labute approximate surface area is 479 Å². The van der Waals surface area contributed by atoms with Gasteiger partial charge in [-0.2, -0.15) is 0 Å². The number of rotatable bonds is 62. The molecule has 0 aromatic rings. The first-order valence-electron chi connectivity index (χ1n) is 33.8. The topological polar surface area (TPSA) is 78.9 Å². The van der Waals surface area contributed by atoms with E-state index in [1.54, 1.807) is 0 Å². The second-order valence-corrected chi connectivity index (χ2v) is 22.7. The second-order valence-electron chi connectivity index (χ2n) is 22.7. The van der Waals surface area contributed by atoms with Crippen LogP contribution in [0.15, 0.2) is 60.8 Å². The summed E-state index contributed by atoms with van der Waals surface area (Å²) >= 11 is 0. The van der Waals surface area contributed by atoms with Crippen molar-refractivity contribution in [3.63, 3.8) is 0 Å². The van der Waals surface area contributed by atoms with Crippen molar-refractivity contribution in [3.8, 4) is 0 Å². The molecule has 0 saturated heterocycles. The fraction of sp³-hybridized carbons (Fsp3) is 0.817. The highest BCUT2D eigenvalue weighted by molar-refractivity contribution is 5.71. The second kappa shape index (κ2) is 65.6. The minimum absolute atomic E-state index is 0.0797. The largest absolute Gasteiger partial charge is 0.462 e. The van der Waals surface area contributed by atoms with Crippen LogP contribution in [0.1, 0.15) is 355 Å². The first kappa shape index (κ1) is 74.1. The summed E-state index contributed by atoms with van der Waals surface area (Å²) in [6.07, 6.45) is 83.7. The Hall–Kier alpha value is -2.89. The summed E-state index contributed by atoms with van der Waals surface area (Å²) in [4.78, 5) is 38.4. The third-order valence-corrected chi connectivity index (χ3v) is 15.0. The van der Waals surface area contributed by atoms with Crippen LogP contribution in [0.3, 0.4) is 0 Å². The number of hydrogen-bond acceptors (Lipinski definition) is 6. The van der Waals surface area contributed by atoms with E-state index < -0.39 is 6.10 Å². The SMILES string of the molecule is CCCCCCC/C=C\C/C=C\C/C=C\CCCCCCCCCCC(=O)OCC(COC(=O)CCCCCCC/C=C\CCCCCCCC)OC(=O)CCCCCCCCCCC/C=C\CCCCCCCCCC. The van der Waals surface area contributed by atoms with E-state index in [0.717, 1.165) is 83.5 Å². The molecule has 0 fully saturated rings. The van der Waals surface area contributed by atoms with Gasteiger partial charge in [-0.1, -0.05) is 287 Å². The van der Waals surface area contributed by atoms with E-state index in [1.165, 1.54) is 231 Å². The Morgan fingerprint density at radius 2 is 0.468 bits per heavy atom. The van der Waals surface area contributed by atoms with E-state index in [9.17, 15) is 14.4 Å². The van der Waals surface area contributed by atoms with Gasteiger partial charge in [0.05, 0.1) is 0 Å². The molecule has 1 unspecified atom stereocenters. The number of unbranched alkanes of at least 4 members (excludes halogenated alkanes) is 41. The highest BCUT2D eigenvalue weighted by Gasteiger charge is 2.19. The fourth-order valence-electron chi connectivity index (χ4n) is 9.85. The average molecular weight is 1080 g/mol. The third kappa shape index (κ3) is 63.8. The molecule has 77 heavy (non-hydrogen) atoms. The molecule has 0 radical (unpaired) electrons. The van der Waals surface area contributed by atoms with E-state index in [2.05, 4.69) is 81.5 Å². The predicted molar refractivity (Wildman–Crippen MR) is 335 cm³/mol. The number of ether oxygens (including phenoxy) is 3. The van der Waals surface area contributed by atoms with Crippen LogP contribution in [0.2, 0.25) is 0 Å². The quantitative estimate of drug-likeness (QED) is 0.0261. The smallest absolute Gasteiger partial charge is 0.306 e. The van der Waals surface area contributed by atoms with Crippen LogP contribution in [0.25, 0.3) is 0 Å². The van der Waals surface area contributed by atoms with Crippen molar-refractivity contribution >= 4 is 17.9 Å². The van der Waals surface area contributed by atoms with Crippen molar-refractivity contribution in [3.05, 3.63) is 60.8 Å². The Kier molecular flexibility index (Phi) is 63.2. The molecule has 0 spiro atoms. The molecule has 0 saturated carbocycles. The lowest BCUT2D eigenvalue weighted by atomic mass is 10.1. The molecule has 0 rings (SSSR count). The molecular weight excluding hydrogens is 949 g/mol. The van der Waals surface area contributed by atoms with Crippen LogP contribution in [-0.2, 0) is 28.6 Å². The molecule has 0 aliphatic heterocycles. The van der Waals surface area contributed by atoms with Crippen molar-refractivity contribution in [1.82, 2.24) is 0 Å². The zero-order valence-corrected chi connectivity index (χ0v) is 51.5. The number of carbonyl (C=O) groups excluding carboxylic acids is 3. The van der Waals surface area contributed by atoms with Gasteiger partial charge >= 0.3 is 17.9 Å². The average Bonchev–Trinajstić information content (AvgIpc) is 3.43. The van der Waals surface area contributed by atoms with Gasteiger partial charge in [0, 0.05) is 19.3 Å². The highest BCUT2D eigenvalue weighted by Crippen LogP contribution is 2.17. The summed E-state index contributed by atoms with van der Waals surface area (Å²) in [6.45, 7) is 6.66. The lowest BCUT2D eigenvalue weighted by Gasteiger charge is -2.18. The van der Waals surface area contributed by atoms with E-state index >= 15 is 0 Å². The number of allylic oxidation sites excluding steroid dienone is 10. The summed E-state index contributed by atoms with van der Waals surface area (Å²) in [6, 6.07) is 0. The highest BCUT2D eigenvalue weighted by atomic mass is 16.6. The van der Waals surface area contributed by atoms with Gasteiger partial charge < -0.3 is 14.2 Å². The molecule has 0 aliphatic carbocycles. The molecule has 6 nitrogen and oxygen atoms in total. The minimum atomic E-state index is -0.783. The lowest BCUT2D eigenvalue weighted by molar-refractivity contribution is -0.167. The van der Waals surface area contributed by atoms with Gasteiger partial charge in [0.15, 0.2) is 6.10 Å². The van der Waals surface area contributed by atoms with Crippen molar-refractivity contribution in [2.75, 3.05) is 13.2 Å². The zero-order chi connectivity index (χ0) is 55.7.